The van der Waals surface area contributed by atoms with Gasteiger partial charge in [-0.1, -0.05) is 24.8 Å². The van der Waals surface area contributed by atoms with Crippen LogP contribution in [-0.4, -0.2) is 18.5 Å². The molecule has 118 valence electrons. The van der Waals surface area contributed by atoms with Crippen molar-refractivity contribution in [3.05, 3.63) is 66.7 Å². The summed E-state index contributed by atoms with van der Waals surface area (Å²) >= 11 is 0. The Labute approximate surface area is 134 Å². The van der Waals surface area contributed by atoms with E-state index in [-0.39, 0.29) is 5.57 Å². The monoisotopic (exact) mass is 311 g/mol. The van der Waals surface area contributed by atoms with Crippen molar-refractivity contribution in [3.8, 4) is 5.75 Å². The second kappa shape index (κ2) is 7.79. The fourth-order valence-corrected chi connectivity index (χ4v) is 1.70. The molecule has 0 radical (unpaired) electrons. The molecule has 0 aromatic heterocycles. The number of para-hydroxylation sites is 1. The molecule has 1 N–H and O–H groups in total. The lowest BCUT2D eigenvalue weighted by Gasteiger charge is -2.08. The number of hydrogen-bond acceptors (Lipinski definition) is 5. The summed E-state index contributed by atoms with van der Waals surface area (Å²) in [6, 6.07) is 16.6. The van der Waals surface area contributed by atoms with E-state index in [9.17, 15) is 9.59 Å². The first-order chi connectivity index (χ1) is 11.0. The van der Waals surface area contributed by atoms with Crippen LogP contribution < -0.4 is 10.1 Å². The summed E-state index contributed by atoms with van der Waals surface area (Å²) < 4.78 is 9.79. The Hall–Kier alpha value is -3.08. The van der Waals surface area contributed by atoms with Gasteiger partial charge in [0.15, 0.2) is 6.61 Å². The maximum atomic E-state index is 11.6. The Morgan fingerprint density at radius 1 is 1.00 bits per heavy atom. The molecule has 0 saturated heterocycles. The second-order valence-corrected chi connectivity index (χ2v) is 4.85. The van der Waals surface area contributed by atoms with Gasteiger partial charge >= 0.3 is 11.9 Å². The third-order valence-electron chi connectivity index (χ3n) is 2.82. The fraction of sp³-hybridized carbons (Fsp3) is 0.111. The van der Waals surface area contributed by atoms with Gasteiger partial charge in [-0.25, -0.2) is 9.59 Å². The number of carbonyl (C=O) groups is 2. The van der Waals surface area contributed by atoms with Gasteiger partial charge in [-0.3, -0.25) is 0 Å². The highest BCUT2D eigenvalue weighted by molar-refractivity contribution is 5.88. The summed E-state index contributed by atoms with van der Waals surface area (Å²) in [7, 11) is 0. The summed E-state index contributed by atoms with van der Waals surface area (Å²) in [4.78, 5) is 22.8. The number of benzene rings is 2. The Balaban J connectivity index is 1.86. The van der Waals surface area contributed by atoms with Crippen molar-refractivity contribution >= 4 is 23.3 Å². The molecule has 5 nitrogen and oxygen atoms in total. The molecule has 0 aliphatic carbocycles. The highest BCUT2D eigenvalue weighted by Gasteiger charge is 2.10. The average Bonchev–Trinajstić information content (AvgIpc) is 2.55. The summed E-state index contributed by atoms with van der Waals surface area (Å²) in [6.45, 7) is 4.48. The lowest BCUT2D eigenvalue weighted by atomic mass is 10.2. The summed E-state index contributed by atoms with van der Waals surface area (Å²) in [5, 5.41) is 3.22. The van der Waals surface area contributed by atoms with Crippen LogP contribution in [0.1, 0.15) is 6.92 Å². The molecule has 0 aliphatic heterocycles. The van der Waals surface area contributed by atoms with E-state index < -0.39 is 18.5 Å². The number of hydrogen-bond donors (Lipinski definition) is 1. The van der Waals surface area contributed by atoms with E-state index in [1.807, 2.05) is 30.3 Å². The molecule has 0 saturated carbocycles. The van der Waals surface area contributed by atoms with Gasteiger partial charge in [0.25, 0.3) is 0 Å². The summed E-state index contributed by atoms with van der Waals surface area (Å²) in [6.07, 6.45) is 0. The van der Waals surface area contributed by atoms with Gasteiger partial charge in [0.05, 0.1) is 0 Å². The number of anilines is 2. The molecule has 0 fully saturated rings. The zero-order valence-corrected chi connectivity index (χ0v) is 12.7. The van der Waals surface area contributed by atoms with Crippen LogP contribution in [0.4, 0.5) is 11.4 Å². The molecule has 0 atom stereocenters. The fourth-order valence-electron chi connectivity index (χ4n) is 1.70. The van der Waals surface area contributed by atoms with E-state index in [0.29, 0.717) is 5.75 Å². The zero-order chi connectivity index (χ0) is 16.7. The Kier molecular flexibility index (Phi) is 5.52. The third-order valence-corrected chi connectivity index (χ3v) is 2.82. The van der Waals surface area contributed by atoms with Crippen LogP contribution in [0, 0.1) is 0 Å². The average molecular weight is 311 g/mol. The van der Waals surface area contributed by atoms with E-state index in [0.717, 1.165) is 11.4 Å². The molecule has 2 aromatic rings. The van der Waals surface area contributed by atoms with Crippen molar-refractivity contribution in [1.82, 2.24) is 0 Å². The van der Waals surface area contributed by atoms with Gasteiger partial charge in [-0.2, -0.15) is 0 Å². The summed E-state index contributed by atoms with van der Waals surface area (Å²) in [5.74, 6) is -0.896. The number of rotatable bonds is 6. The van der Waals surface area contributed by atoms with Crippen molar-refractivity contribution in [2.45, 2.75) is 6.92 Å². The molecule has 0 heterocycles. The number of nitrogens with one attached hydrogen (secondary N) is 1. The van der Waals surface area contributed by atoms with Gasteiger partial charge in [-0.05, 0) is 43.3 Å². The van der Waals surface area contributed by atoms with Crippen LogP contribution in [0.15, 0.2) is 66.7 Å². The SMILES string of the molecule is C=C(C)C(=O)OCC(=O)Oc1ccc(Nc2ccccc2)cc1. The highest BCUT2D eigenvalue weighted by Crippen LogP contribution is 2.19. The van der Waals surface area contributed by atoms with E-state index in [1.165, 1.54) is 6.92 Å². The van der Waals surface area contributed by atoms with Gasteiger partial charge in [-0.15, -0.1) is 0 Å². The van der Waals surface area contributed by atoms with Crippen LogP contribution >= 0.6 is 0 Å². The quantitative estimate of drug-likeness (QED) is 0.503. The molecule has 23 heavy (non-hydrogen) atoms. The predicted octanol–water partition coefficient (Wildman–Crippen LogP) is 3.45. The molecule has 2 aromatic carbocycles. The first-order valence-electron chi connectivity index (χ1n) is 7.00. The van der Waals surface area contributed by atoms with Crippen molar-refractivity contribution in [3.63, 3.8) is 0 Å². The van der Waals surface area contributed by atoms with Crippen molar-refractivity contribution in [2.24, 2.45) is 0 Å². The predicted molar refractivity (Wildman–Crippen MR) is 87.6 cm³/mol. The smallest absolute Gasteiger partial charge is 0.349 e. The zero-order valence-electron chi connectivity index (χ0n) is 12.7. The topological polar surface area (TPSA) is 64.6 Å². The van der Waals surface area contributed by atoms with E-state index in [2.05, 4.69) is 11.9 Å². The van der Waals surface area contributed by atoms with Gasteiger partial charge in [0.1, 0.15) is 5.75 Å². The number of esters is 2. The molecule has 2 rings (SSSR count). The maximum Gasteiger partial charge on any atom is 0.349 e. The first kappa shape index (κ1) is 16.3. The lowest BCUT2D eigenvalue weighted by Crippen LogP contribution is -2.18. The number of carbonyl (C=O) groups excluding carboxylic acids is 2. The van der Waals surface area contributed by atoms with Crippen LogP contribution in [0.25, 0.3) is 0 Å². The molecule has 0 amide bonds. The highest BCUT2D eigenvalue weighted by atomic mass is 16.6. The lowest BCUT2D eigenvalue weighted by molar-refractivity contribution is -0.150. The van der Waals surface area contributed by atoms with E-state index in [4.69, 9.17) is 9.47 Å². The second-order valence-electron chi connectivity index (χ2n) is 4.85. The van der Waals surface area contributed by atoms with Crippen molar-refractivity contribution < 1.29 is 19.1 Å². The van der Waals surface area contributed by atoms with E-state index in [1.54, 1.807) is 24.3 Å². The van der Waals surface area contributed by atoms with Crippen LogP contribution in [-0.2, 0) is 14.3 Å². The Morgan fingerprint density at radius 3 is 2.22 bits per heavy atom. The maximum absolute atomic E-state index is 11.6. The molecule has 0 bridgehead atoms. The Morgan fingerprint density at radius 2 is 1.61 bits per heavy atom. The molecule has 0 aliphatic rings. The minimum absolute atomic E-state index is 0.231. The van der Waals surface area contributed by atoms with Gasteiger partial charge in [0, 0.05) is 16.9 Å². The van der Waals surface area contributed by atoms with Crippen molar-refractivity contribution in [1.29, 1.82) is 0 Å². The van der Waals surface area contributed by atoms with Gasteiger partial charge in [0.2, 0.25) is 0 Å². The third kappa shape index (κ3) is 5.32. The standard InChI is InChI=1S/C18H17NO4/c1-13(2)18(21)22-12-17(20)23-16-10-8-15(9-11-16)19-14-6-4-3-5-7-14/h3-11,19H,1,12H2,2H3. The van der Waals surface area contributed by atoms with Gasteiger partial charge < -0.3 is 14.8 Å². The number of ether oxygens (including phenoxy) is 2. The molecule has 0 spiro atoms. The van der Waals surface area contributed by atoms with Crippen LogP contribution in [0.3, 0.4) is 0 Å². The minimum Gasteiger partial charge on any atom is -0.450 e. The normalized spacial score (nSPS) is 9.78. The molecular formula is C18H17NO4. The first-order valence-corrected chi connectivity index (χ1v) is 7.00. The molecule has 5 heteroatoms. The largest absolute Gasteiger partial charge is 0.450 e. The Bertz CT molecular complexity index is 693. The molecular weight excluding hydrogens is 294 g/mol. The summed E-state index contributed by atoms with van der Waals surface area (Å²) in [5.41, 5.74) is 2.06. The van der Waals surface area contributed by atoms with Crippen LogP contribution in [0.5, 0.6) is 5.75 Å². The van der Waals surface area contributed by atoms with Crippen LogP contribution in [0.2, 0.25) is 0 Å². The minimum atomic E-state index is -0.650. The molecule has 0 unspecified atom stereocenters. The van der Waals surface area contributed by atoms with E-state index >= 15 is 0 Å². The van der Waals surface area contributed by atoms with Crippen molar-refractivity contribution in [2.75, 3.05) is 11.9 Å².